The molecule has 1 heterocycles. The van der Waals surface area contributed by atoms with E-state index in [0.717, 1.165) is 10.2 Å². The Morgan fingerprint density at radius 1 is 1.11 bits per heavy atom. The van der Waals surface area contributed by atoms with Crippen molar-refractivity contribution in [3.63, 3.8) is 0 Å². The molecule has 1 rings (SSSR count). The third kappa shape index (κ3) is 7.07. The zero-order valence-electron chi connectivity index (χ0n) is 12.3. The van der Waals surface area contributed by atoms with E-state index < -0.39 is 0 Å². The van der Waals surface area contributed by atoms with E-state index in [-0.39, 0.29) is 0 Å². The highest BCUT2D eigenvalue weighted by molar-refractivity contribution is 9.10. The van der Waals surface area contributed by atoms with E-state index in [1.807, 2.05) is 13.2 Å². The summed E-state index contributed by atoms with van der Waals surface area (Å²) in [5.41, 5.74) is 1.15. The maximum atomic E-state index is 4.48. The molecule has 0 fully saturated rings. The largest absolute Gasteiger partial charge is 0.312 e. The lowest BCUT2D eigenvalue weighted by Gasteiger charge is -2.15. The number of hydrogen-bond donors (Lipinski definition) is 1. The number of unbranched alkanes of at least 4 members (excludes halogenated alkanes) is 6. The van der Waals surface area contributed by atoms with Crippen molar-refractivity contribution in [1.82, 2.24) is 10.3 Å². The van der Waals surface area contributed by atoms with Crippen LogP contribution in [0.15, 0.2) is 22.8 Å². The van der Waals surface area contributed by atoms with Crippen LogP contribution in [0.1, 0.15) is 70.0 Å². The molecule has 19 heavy (non-hydrogen) atoms. The smallest absolute Gasteiger partial charge is 0.0573 e. The molecule has 0 aliphatic heterocycles. The average Bonchev–Trinajstić information content (AvgIpc) is 2.43. The van der Waals surface area contributed by atoms with Gasteiger partial charge in [0.1, 0.15) is 0 Å². The fourth-order valence-electron chi connectivity index (χ4n) is 2.34. The number of nitrogens with one attached hydrogen (secondary N) is 1. The lowest BCUT2D eigenvalue weighted by molar-refractivity contribution is 0.487. The predicted octanol–water partition coefficient (Wildman–Crippen LogP) is 5.25. The number of hydrogen-bond acceptors (Lipinski definition) is 2. The number of pyridine rings is 1. The minimum Gasteiger partial charge on any atom is -0.312 e. The highest BCUT2D eigenvalue weighted by Crippen LogP contribution is 2.20. The molecule has 1 atom stereocenters. The Bertz CT molecular complexity index is 324. The third-order valence-corrected chi connectivity index (χ3v) is 4.02. The molecule has 1 aromatic heterocycles. The van der Waals surface area contributed by atoms with E-state index in [1.165, 1.54) is 51.4 Å². The summed E-state index contributed by atoms with van der Waals surface area (Å²) < 4.78 is 1.04. The summed E-state index contributed by atoms with van der Waals surface area (Å²) in [6, 6.07) is 4.56. The van der Waals surface area contributed by atoms with Crippen LogP contribution in [0.3, 0.4) is 0 Å². The maximum Gasteiger partial charge on any atom is 0.0573 e. The molecule has 0 spiro atoms. The van der Waals surface area contributed by atoms with Crippen LogP contribution in [0.2, 0.25) is 0 Å². The van der Waals surface area contributed by atoms with Crippen LogP contribution in [-0.2, 0) is 0 Å². The Kier molecular flexibility index (Phi) is 9.10. The molecule has 0 aromatic carbocycles. The first kappa shape index (κ1) is 16.6. The van der Waals surface area contributed by atoms with Crippen molar-refractivity contribution in [3.8, 4) is 0 Å². The second-order valence-corrected chi connectivity index (χ2v) is 6.07. The molecule has 3 heteroatoms. The molecule has 0 amide bonds. The second kappa shape index (κ2) is 10.4. The summed E-state index contributed by atoms with van der Waals surface area (Å²) in [4.78, 5) is 4.48. The fourth-order valence-corrected chi connectivity index (χ4v) is 2.57. The zero-order valence-corrected chi connectivity index (χ0v) is 13.9. The van der Waals surface area contributed by atoms with Crippen LogP contribution < -0.4 is 5.32 Å². The minimum absolute atomic E-state index is 0.392. The SMILES string of the molecule is CCCCCCCCCC(NC)c1ccc(Br)cn1. The summed E-state index contributed by atoms with van der Waals surface area (Å²) >= 11 is 3.43. The van der Waals surface area contributed by atoms with E-state index in [4.69, 9.17) is 0 Å². The van der Waals surface area contributed by atoms with Gasteiger partial charge in [0.25, 0.3) is 0 Å². The van der Waals surface area contributed by atoms with Gasteiger partial charge in [0.2, 0.25) is 0 Å². The van der Waals surface area contributed by atoms with Crippen LogP contribution in [0.25, 0.3) is 0 Å². The molecular weight excluding hydrogens is 300 g/mol. The summed E-state index contributed by atoms with van der Waals surface area (Å²) in [6.45, 7) is 2.27. The molecule has 2 nitrogen and oxygen atoms in total. The number of rotatable bonds is 10. The Balaban J connectivity index is 2.20. The summed E-state index contributed by atoms with van der Waals surface area (Å²) in [7, 11) is 2.02. The van der Waals surface area contributed by atoms with E-state index in [2.05, 4.69) is 45.3 Å². The Hall–Kier alpha value is -0.410. The topological polar surface area (TPSA) is 24.9 Å². The molecular formula is C16H27BrN2. The van der Waals surface area contributed by atoms with Gasteiger partial charge in [0.15, 0.2) is 0 Å². The van der Waals surface area contributed by atoms with Gasteiger partial charge in [0, 0.05) is 16.7 Å². The summed E-state index contributed by atoms with van der Waals surface area (Å²) in [5, 5.41) is 3.37. The monoisotopic (exact) mass is 326 g/mol. The standard InChI is InChI=1S/C16H27BrN2/c1-3-4-5-6-7-8-9-10-15(18-2)16-12-11-14(17)13-19-16/h11-13,15,18H,3-10H2,1-2H3. The molecule has 0 aliphatic rings. The number of halogens is 1. The molecule has 108 valence electrons. The fraction of sp³-hybridized carbons (Fsp3) is 0.688. The first-order valence-electron chi connectivity index (χ1n) is 7.56. The highest BCUT2D eigenvalue weighted by Gasteiger charge is 2.09. The van der Waals surface area contributed by atoms with Gasteiger partial charge in [-0.3, -0.25) is 4.98 Å². The average molecular weight is 327 g/mol. The zero-order chi connectivity index (χ0) is 13.9. The Morgan fingerprint density at radius 3 is 2.37 bits per heavy atom. The van der Waals surface area contributed by atoms with E-state index >= 15 is 0 Å². The van der Waals surface area contributed by atoms with Crippen molar-refractivity contribution >= 4 is 15.9 Å². The van der Waals surface area contributed by atoms with Gasteiger partial charge in [0.05, 0.1) is 5.69 Å². The Morgan fingerprint density at radius 2 is 1.79 bits per heavy atom. The molecule has 0 bridgehead atoms. The van der Waals surface area contributed by atoms with E-state index in [1.54, 1.807) is 0 Å². The summed E-state index contributed by atoms with van der Waals surface area (Å²) in [5.74, 6) is 0. The van der Waals surface area contributed by atoms with E-state index in [0.29, 0.717) is 6.04 Å². The third-order valence-electron chi connectivity index (χ3n) is 3.55. The van der Waals surface area contributed by atoms with Crippen molar-refractivity contribution in [2.24, 2.45) is 0 Å². The molecule has 1 N–H and O–H groups in total. The van der Waals surface area contributed by atoms with Gasteiger partial charge in [-0.15, -0.1) is 0 Å². The lowest BCUT2D eigenvalue weighted by Crippen LogP contribution is -2.17. The Labute approximate surface area is 126 Å². The lowest BCUT2D eigenvalue weighted by atomic mass is 10.0. The van der Waals surface area contributed by atoms with Gasteiger partial charge in [-0.2, -0.15) is 0 Å². The van der Waals surface area contributed by atoms with Gasteiger partial charge in [-0.25, -0.2) is 0 Å². The summed E-state index contributed by atoms with van der Waals surface area (Å²) in [6.07, 6.45) is 12.6. The highest BCUT2D eigenvalue weighted by atomic mass is 79.9. The first-order valence-corrected chi connectivity index (χ1v) is 8.36. The molecule has 0 saturated heterocycles. The number of nitrogens with zero attached hydrogens (tertiary/aromatic N) is 1. The molecule has 0 aliphatic carbocycles. The quantitative estimate of drug-likeness (QED) is 0.594. The van der Waals surface area contributed by atoms with E-state index in [9.17, 15) is 0 Å². The van der Waals surface area contributed by atoms with Crippen molar-refractivity contribution in [3.05, 3.63) is 28.5 Å². The molecule has 0 radical (unpaired) electrons. The molecule has 1 aromatic rings. The van der Waals surface area contributed by atoms with Crippen LogP contribution in [-0.4, -0.2) is 12.0 Å². The van der Waals surface area contributed by atoms with Gasteiger partial charge >= 0.3 is 0 Å². The molecule has 0 saturated carbocycles. The van der Waals surface area contributed by atoms with Crippen LogP contribution in [0.4, 0.5) is 0 Å². The second-order valence-electron chi connectivity index (χ2n) is 5.15. The first-order chi connectivity index (χ1) is 9.27. The van der Waals surface area contributed by atoms with Crippen LogP contribution in [0.5, 0.6) is 0 Å². The predicted molar refractivity (Wildman–Crippen MR) is 86.3 cm³/mol. The normalized spacial score (nSPS) is 12.6. The number of aromatic nitrogens is 1. The van der Waals surface area contributed by atoms with Gasteiger partial charge < -0.3 is 5.32 Å². The molecule has 1 unspecified atom stereocenters. The van der Waals surface area contributed by atoms with Crippen LogP contribution >= 0.6 is 15.9 Å². The van der Waals surface area contributed by atoms with Gasteiger partial charge in [-0.1, -0.05) is 51.9 Å². The van der Waals surface area contributed by atoms with Gasteiger partial charge in [-0.05, 0) is 41.5 Å². The minimum atomic E-state index is 0.392. The van der Waals surface area contributed by atoms with Crippen molar-refractivity contribution < 1.29 is 0 Å². The maximum absolute atomic E-state index is 4.48. The van der Waals surface area contributed by atoms with Crippen molar-refractivity contribution in [2.45, 2.75) is 64.3 Å². The van der Waals surface area contributed by atoms with Crippen molar-refractivity contribution in [2.75, 3.05) is 7.05 Å². The van der Waals surface area contributed by atoms with Crippen molar-refractivity contribution in [1.29, 1.82) is 0 Å². The van der Waals surface area contributed by atoms with Crippen LogP contribution in [0, 0.1) is 0 Å².